The average Bonchev–Trinajstić information content (AvgIpc) is 4.10. The van der Waals surface area contributed by atoms with Gasteiger partial charge in [0.1, 0.15) is 11.6 Å². The smallest absolute Gasteiger partial charge is 0.481 e. The Balaban J connectivity index is 0.000000150. The number of carboxylic acid groups (broad SMARTS) is 1. The Hall–Kier alpha value is -6.60. The van der Waals surface area contributed by atoms with E-state index in [0.29, 0.717) is 61.5 Å². The maximum atomic E-state index is 13.4. The molecule has 4 aliphatic rings. The highest BCUT2D eigenvalue weighted by Gasteiger charge is 2.54. The summed E-state index contributed by atoms with van der Waals surface area (Å²) in [5, 5.41) is 32.6. The van der Waals surface area contributed by atoms with Crippen molar-refractivity contribution in [1.82, 2.24) is 19.1 Å². The number of nitrogen functional groups attached to an aromatic ring is 1. The second-order valence-corrected chi connectivity index (χ2v) is 19.2. The summed E-state index contributed by atoms with van der Waals surface area (Å²) >= 11 is 0. The van der Waals surface area contributed by atoms with Crippen molar-refractivity contribution in [3.63, 3.8) is 0 Å². The molecule has 6 aromatic rings. The van der Waals surface area contributed by atoms with Crippen LogP contribution in [0.1, 0.15) is 89.7 Å². The van der Waals surface area contributed by atoms with Crippen LogP contribution in [-0.4, -0.2) is 72.1 Å². The van der Waals surface area contributed by atoms with Crippen molar-refractivity contribution >= 4 is 45.3 Å². The molecular weight excluding hydrogens is 881 g/mol. The molecule has 356 valence electrons. The van der Waals surface area contributed by atoms with Crippen molar-refractivity contribution in [2.45, 2.75) is 115 Å². The summed E-state index contributed by atoms with van der Waals surface area (Å²) < 4.78 is 74.0. The molecule has 6 heterocycles. The number of carboxylic acids is 1. The number of alkyl halides is 4. The zero-order valence-electron chi connectivity index (χ0n) is 37.8. The minimum atomic E-state index is -3.70. The number of aliphatic hydroxyl groups is 2. The minimum absolute atomic E-state index is 0.00926. The number of nitrogens with two attached hydrogens (primary N) is 1. The van der Waals surface area contributed by atoms with Crippen molar-refractivity contribution in [2.24, 2.45) is 0 Å². The lowest BCUT2D eigenvalue weighted by Gasteiger charge is -2.21. The highest BCUT2D eigenvalue weighted by atomic mass is 19.3. The van der Waals surface area contributed by atoms with Gasteiger partial charge in [-0.15, -0.1) is 17.6 Å². The number of aliphatic carboxylic acids is 1. The van der Waals surface area contributed by atoms with Gasteiger partial charge in [-0.1, -0.05) is 53.7 Å². The molecule has 2 aromatic carbocycles. The van der Waals surface area contributed by atoms with Crippen LogP contribution in [0.25, 0.3) is 21.8 Å². The topological polar surface area (TPSA) is 205 Å². The van der Waals surface area contributed by atoms with E-state index in [1.54, 1.807) is 18.5 Å². The van der Waals surface area contributed by atoms with Gasteiger partial charge in [0.15, 0.2) is 23.0 Å². The summed E-state index contributed by atoms with van der Waals surface area (Å²) in [6, 6.07) is 16.5. The van der Waals surface area contributed by atoms with Crippen molar-refractivity contribution in [1.29, 1.82) is 0 Å². The van der Waals surface area contributed by atoms with Crippen LogP contribution in [0.5, 0.6) is 23.0 Å². The standard InChI is InChI=1S/C24H25F2N3O4.C13H19N3O.C11H8F2O4/c1-22(2,3)19-10-14-11-20(27-13-16(14)29(19)8-9-30)28-21(31)23(6-7-23)15-4-5-17-18(12-15)33-24(25,26)32-17;1-13(2,3)11-6-9-7-12(14)15-8-10(9)16(11)4-5-17;12-11(13)16-7-2-1-6(5-8(7)17-11)10(3-4-10)9(14)15/h4-5,10-13,30H,6-9H2,1-3H3,(H,27,28,31);6-8,17H,4-5H2,1-3H3,(H2,14,15);1-2,5H,3-4H2,(H,14,15). The molecule has 19 heteroatoms. The number of halogens is 4. The van der Waals surface area contributed by atoms with Crippen LogP contribution in [0, 0.1) is 0 Å². The number of hydrogen-bond acceptors (Lipinski definition) is 11. The normalized spacial score (nSPS) is 17.6. The molecule has 4 aromatic heterocycles. The monoisotopic (exact) mass is 932 g/mol. The second kappa shape index (κ2) is 16.6. The van der Waals surface area contributed by atoms with Gasteiger partial charge in [0.25, 0.3) is 0 Å². The van der Waals surface area contributed by atoms with Crippen molar-refractivity contribution in [2.75, 3.05) is 24.3 Å². The Labute approximate surface area is 382 Å². The molecule has 0 spiro atoms. The predicted molar refractivity (Wildman–Crippen MR) is 239 cm³/mol. The maximum absolute atomic E-state index is 13.4. The Morgan fingerprint density at radius 1 is 0.657 bits per heavy atom. The van der Waals surface area contributed by atoms with Crippen molar-refractivity contribution < 1.29 is 61.4 Å². The van der Waals surface area contributed by atoms with Gasteiger partial charge in [0.2, 0.25) is 5.91 Å². The first-order valence-electron chi connectivity index (χ1n) is 21.7. The number of hydrogen-bond donors (Lipinski definition) is 5. The second-order valence-electron chi connectivity index (χ2n) is 19.2. The number of nitrogens with one attached hydrogen (secondary N) is 1. The molecule has 10 rings (SSSR count). The quantitative estimate of drug-likeness (QED) is 0.0868. The molecular formula is C48H52F4N6O9. The first kappa shape index (κ1) is 46.9. The lowest BCUT2D eigenvalue weighted by Crippen LogP contribution is -2.28. The van der Waals surface area contributed by atoms with E-state index in [4.69, 9.17) is 10.8 Å². The van der Waals surface area contributed by atoms with Gasteiger partial charge >= 0.3 is 18.6 Å². The molecule has 1 amide bonds. The Kier molecular flexibility index (Phi) is 11.6. The van der Waals surface area contributed by atoms with Crippen molar-refractivity contribution in [3.05, 3.63) is 95.6 Å². The molecule has 15 nitrogen and oxygen atoms in total. The summed E-state index contributed by atoms with van der Waals surface area (Å²) in [6.45, 7) is 13.9. The molecule has 2 saturated carbocycles. The molecule has 0 unspecified atom stereocenters. The van der Waals surface area contributed by atoms with E-state index in [2.05, 4.69) is 86.4 Å². The largest absolute Gasteiger partial charge is 0.586 e. The predicted octanol–water partition coefficient (Wildman–Crippen LogP) is 8.35. The SMILES string of the molecule is CC(C)(C)c1cc2cc(N)ncc2n1CCO.CC(C)(C)c1cc2cc(NC(=O)C3(c4ccc5c(c4)OC(F)(F)O5)CC3)ncc2n1CCO.O=C(O)C1(c2ccc3c(c2)OC(F)(F)O3)CC1. The van der Waals surface area contributed by atoms with Crippen LogP contribution in [-0.2, 0) is 44.3 Å². The van der Waals surface area contributed by atoms with Gasteiger partial charge in [-0.3, -0.25) is 9.59 Å². The number of ether oxygens (including phenoxy) is 4. The van der Waals surface area contributed by atoms with Crippen LogP contribution >= 0.6 is 0 Å². The van der Waals surface area contributed by atoms with Gasteiger partial charge in [-0.2, -0.15) is 0 Å². The fraction of sp³-hybridized carbons (Fsp3) is 0.417. The third kappa shape index (κ3) is 9.26. The molecule has 0 radical (unpaired) electrons. The Morgan fingerprint density at radius 2 is 1.09 bits per heavy atom. The number of anilines is 2. The zero-order chi connectivity index (χ0) is 48.5. The third-order valence-corrected chi connectivity index (χ3v) is 12.3. The van der Waals surface area contributed by atoms with E-state index in [-0.39, 0.29) is 52.9 Å². The minimum Gasteiger partial charge on any atom is -0.481 e. The number of pyridine rings is 2. The molecule has 2 aliphatic heterocycles. The van der Waals surface area contributed by atoms with Crippen LogP contribution < -0.4 is 30.0 Å². The summed E-state index contributed by atoms with van der Waals surface area (Å²) in [7, 11) is 0. The summed E-state index contributed by atoms with van der Waals surface area (Å²) in [5.74, 6) is -0.550. The number of nitrogens with zero attached hydrogens (tertiary/aromatic N) is 4. The molecule has 6 N–H and O–H groups in total. The maximum Gasteiger partial charge on any atom is 0.586 e. The van der Waals surface area contributed by atoms with E-state index in [1.807, 2.05) is 22.8 Å². The first-order chi connectivity index (χ1) is 31.4. The number of aliphatic hydroxyl groups excluding tert-OH is 2. The summed E-state index contributed by atoms with van der Waals surface area (Å²) in [6.07, 6.45) is -1.68. The fourth-order valence-electron chi connectivity index (χ4n) is 8.58. The number of aromatic nitrogens is 4. The number of rotatable bonds is 9. The van der Waals surface area contributed by atoms with E-state index in [0.717, 1.165) is 27.5 Å². The van der Waals surface area contributed by atoms with E-state index >= 15 is 0 Å². The highest BCUT2D eigenvalue weighted by molar-refractivity contribution is 6.02. The average molecular weight is 933 g/mol. The summed E-state index contributed by atoms with van der Waals surface area (Å²) in [4.78, 5) is 32.8. The molecule has 2 aliphatic carbocycles. The van der Waals surface area contributed by atoms with E-state index in [9.17, 15) is 37.4 Å². The van der Waals surface area contributed by atoms with Gasteiger partial charge < -0.3 is 54.5 Å². The molecule has 67 heavy (non-hydrogen) atoms. The van der Waals surface area contributed by atoms with Crippen LogP contribution in [0.2, 0.25) is 0 Å². The van der Waals surface area contributed by atoms with Crippen LogP contribution in [0.4, 0.5) is 29.2 Å². The molecule has 0 atom stereocenters. The van der Waals surface area contributed by atoms with Crippen LogP contribution in [0.3, 0.4) is 0 Å². The zero-order valence-corrected chi connectivity index (χ0v) is 37.8. The first-order valence-corrected chi connectivity index (χ1v) is 21.7. The van der Waals surface area contributed by atoms with Crippen LogP contribution in [0.15, 0.2) is 73.1 Å². The van der Waals surface area contributed by atoms with Gasteiger partial charge in [0, 0.05) is 46.1 Å². The van der Waals surface area contributed by atoms with Gasteiger partial charge in [0.05, 0.1) is 47.5 Å². The van der Waals surface area contributed by atoms with Gasteiger partial charge in [-0.25, -0.2) is 9.97 Å². The molecule has 0 saturated heterocycles. The van der Waals surface area contributed by atoms with Crippen molar-refractivity contribution in [3.8, 4) is 23.0 Å². The number of benzene rings is 2. The lowest BCUT2D eigenvalue weighted by atomic mass is 9.92. The van der Waals surface area contributed by atoms with E-state index < -0.39 is 29.4 Å². The number of amides is 1. The van der Waals surface area contributed by atoms with Gasteiger partial charge in [-0.05, 0) is 85.3 Å². The van der Waals surface area contributed by atoms with E-state index in [1.165, 1.54) is 36.0 Å². The third-order valence-electron chi connectivity index (χ3n) is 12.3. The fourth-order valence-corrected chi connectivity index (χ4v) is 8.58. The number of fused-ring (bicyclic) bond motifs is 4. The number of carbonyl (C=O) groups excluding carboxylic acids is 1. The molecule has 2 fully saturated rings. The highest BCUT2D eigenvalue weighted by Crippen LogP contribution is 2.53. The number of carbonyl (C=O) groups is 2. The summed E-state index contributed by atoms with van der Waals surface area (Å²) in [5.41, 5.74) is 9.08. The lowest BCUT2D eigenvalue weighted by molar-refractivity contribution is -0.287. The Morgan fingerprint density at radius 3 is 1.52 bits per heavy atom. The molecule has 0 bridgehead atoms. The Bertz CT molecular complexity index is 2890.